The van der Waals surface area contributed by atoms with Crippen LogP contribution in [0.25, 0.3) is 0 Å². The van der Waals surface area contributed by atoms with Crippen LogP contribution >= 0.6 is 15.9 Å². The smallest absolute Gasteiger partial charge is 0.0189 e. The van der Waals surface area contributed by atoms with E-state index in [1.54, 1.807) is 0 Å². The zero-order valence-electron chi connectivity index (χ0n) is 11.7. The van der Waals surface area contributed by atoms with Gasteiger partial charge in [0.05, 0.1) is 0 Å². The van der Waals surface area contributed by atoms with E-state index in [-0.39, 0.29) is 0 Å². The van der Waals surface area contributed by atoms with Crippen molar-refractivity contribution in [1.29, 1.82) is 0 Å². The number of aryl methyl sites for hydroxylation is 3. The molecule has 19 heavy (non-hydrogen) atoms. The van der Waals surface area contributed by atoms with Crippen molar-refractivity contribution in [3.8, 4) is 0 Å². The van der Waals surface area contributed by atoms with E-state index in [4.69, 9.17) is 0 Å². The van der Waals surface area contributed by atoms with Gasteiger partial charge in [-0.15, -0.1) is 0 Å². The maximum atomic E-state index is 3.82. The number of halogens is 1. The van der Waals surface area contributed by atoms with Gasteiger partial charge in [0.1, 0.15) is 0 Å². The van der Waals surface area contributed by atoms with E-state index in [1.807, 2.05) is 0 Å². The summed E-state index contributed by atoms with van der Waals surface area (Å²) >= 11 is 3.82. The molecule has 2 rings (SSSR count). The van der Waals surface area contributed by atoms with Crippen LogP contribution in [0.1, 0.15) is 28.7 Å². The van der Waals surface area contributed by atoms with Crippen LogP contribution < -0.4 is 0 Å². The summed E-state index contributed by atoms with van der Waals surface area (Å²) in [5.41, 5.74) is 5.63. The van der Waals surface area contributed by atoms with Gasteiger partial charge in [-0.2, -0.15) is 0 Å². The van der Waals surface area contributed by atoms with Crippen molar-refractivity contribution in [2.24, 2.45) is 0 Å². The number of benzene rings is 2. The minimum Gasteiger partial charge on any atom is -0.0887 e. The van der Waals surface area contributed by atoms with E-state index in [9.17, 15) is 0 Å². The Bertz CT molecular complexity index is 531. The van der Waals surface area contributed by atoms with Gasteiger partial charge in [-0.25, -0.2) is 0 Å². The molecule has 0 saturated carbocycles. The lowest BCUT2D eigenvalue weighted by atomic mass is 10.00. The average molecular weight is 317 g/mol. The van der Waals surface area contributed by atoms with E-state index in [0.717, 1.165) is 12.8 Å². The topological polar surface area (TPSA) is 0 Å². The van der Waals surface area contributed by atoms with Gasteiger partial charge in [-0.05, 0) is 49.8 Å². The average Bonchev–Trinajstić information content (AvgIpc) is 2.39. The van der Waals surface area contributed by atoms with E-state index >= 15 is 0 Å². The molecular weight excluding hydrogens is 296 g/mol. The van der Waals surface area contributed by atoms with Crippen LogP contribution in [0.3, 0.4) is 0 Å². The monoisotopic (exact) mass is 316 g/mol. The van der Waals surface area contributed by atoms with Gasteiger partial charge in [0.25, 0.3) is 0 Å². The molecular formula is C18H21Br. The molecule has 0 aliphatic carbocycles. The van der Waals surface area contributed by atoms with Gasteiger partial charge in [0, 0.05) is 4.83 Å². The standard InChI is InChI=1S/C18H21Br/c1-14-6-5-8-16(12-14)10-11-18(19)13-17-9-4-3-7-15(17)2/h3-9,12,18H,10-11,13H2,1-2H3. The van der Waals surface area contributed by atoms with Crippen LogP contribution in [0.15, 0.2) is 48.5 Å². The molecule has 0 aliphatic heterocycles. The molecule has 0 amide bonds. The van der Waals surface area contributed by atoms with Crippen molar-refractivity contribution < 1.29 is 0 Å². The summed E-state index contributed by atoms with van der Waals surface area (Å²) in [5.74, 6) is 0. The molecule has 0 fully saturated rings. The van der Waals surface area contributed by atoms with E-state index < -0.39 is 0 Å². The van der Waals surface area contributed by atoms with Crippen molar-refractivity contribution in [2.75, 3.05) is 0 Å². The first-order valence-electron chi connectivity index (χ1n) is 6.89. The Labute approximate surface area is 125 Å². The lowest BCUT2D eigenvalue weighted by molar-refractivity contribution is 0.760. The maximum Gasteiger partial charge on any atom is 0.0189 e. The molecule has 0 aliphatic rings. The van der Waals surface area contributed by atoms with Crippen LogP contribution in [-0.2, 0) is 12.8 Å². The van der Waals surface area contributed by atoms with Crippen LogP contribution in [0, 0.1) is 13.8 Å². The molecule has 0 bridgehead atoms. The highest BCUT2D eigenvalue weighted by molar-refractivity contribution is 9.09. The maximum absolute atomic E-state index is 3.82. The van der Waals surface area contributed by atoms with E-state index in [2.05, 4.69) is 78.3 Å². The SMILES string of the molecule is Cc1cccc(CCC(Br)Cc2ccccc2C)c1. The minimum absolute atomic E-state index is 0.550. The van der Waals surface area contributed by atoms with Gasteiger partial charge in [0.15, 0.2) is 0 Å². The molecule has 0 saturated heterocycles. The molecule has 0 N–H and O–H groups in total. The lowest BCUT2D eigenvalue weighted by Crippen LogP contribution is -2.05. The third-order valence-electron chi connectivity index (χ3n) is 3.53. The second-order valence-corrected chi connectivity index (χ2v) is 6.55. The summed E-state index contributed by atoms with van der Waals surface area (Å²) in [4.78, 5) is 0.550. The van der Waals surface area contributed by atoms with Gasteiger partial charge >= 0.3 is 0 Å². The van der Waals surface area contributed by atoms with Crippen LogP contribution in [0.2, 0.25) is 0 Å². The van der Waals surface area contributed by atoms with Crippen LogP contribution in [-0.4, -0.2) is 4.83 Å². The third-order valence-corrected chi connectivity index (χ3v) is 4.31. The summed E-state index contributed by atoms with van der Waals surface area (Å²) < 4.78 is 0. The van der Waals surface area contributed by atoms with Crippen molar-refractivity contribution in [3.05, 3.63) is 70.8 Å². The highest BCUT2D eigenvalue weighted by Gasteiger charge is 2.07. The number of rotatable bonds is 5. The Morgan fingerprint density at radius 1 is 1.00 bits per heavy atom. The zero-order chi connectivity index (χ0) is 13.7. The van der Waals surface area contributed by atoms with Crippen molar-refractivity contribution in [1.82, 2.24) is 0 Å². The first kappa shape index (κ1) is 14.3. The van der Waals surface area contributed by atoms with E-state index in [1.165, 1.54) is 28.7 Å². The van der Waals surface area contributed by atoms with Crippen molar-refractivity contribution >= 4 is 15.9 Å². The predicted octanol–water partition coefficient (Wildman–Crippen LogP) is 5.24. The molecule has 0 spiro atoms. The summed E-state index contributed by atoms with van der Waals surface area (Å²) in [6.45, 7) is 4.35. The van der Waals surface area contributed by atoms with Crippen LogP contribution in [0.4, 0.5) is 0 Å². The molecule has 1 atom stereocenters. The minimum atomic E-state index is 0.550. The molecule has 2 aromatic rings. The molecule has 2 aromatic carbocycles. The van der Waals surface area contributed by atoms with Crippen molar-refractivity contribution in [2.45, 2.75) is 37.9 Å². The highest BCUT2D eigenvalue weighted by Crippen LogP contribution is 2.18. The normalized spacial score (nSPS) is 12.4. The zero-order valence-corrected chi connectivity index (χ0v) is 13.3. The first-order chi connectivity index (χ1) is 9.15. The van der Waals surface area contributed by atoms with Crippen molar-refractivity contribution in [3.63, 3.8) is 0 Å². The summed E-state index contributed by atoms with van der Waals surface area (Å²) in [6, 6.07) is 17.5. The largest absolute Gasteiger partial charge is 0.0887 e. The molecule has 100 valence electrons. The lowest BCUT2D eigenvalue weighted by Gasteiger charge is -2.12. The summed E-state index contributed by atoms with van der Waals surface area (Å²) in [5, 5.41) is 0. The molecule has 0 nitrogen and oxygen atoms in total. The highest BCUT2D eigenvalue weighted by atomic mass is 79.9. The Morgan fingerprint density at radius 3 is 2.53 bits per heavy atom. The van der Waals surface area contributed by atoms with Gasteiger partial charge in [0.2, 0.25) is 0 Å². The van der Waals surface area contributed by atoms with Gasteiger partial charge < -0.3 is 0 Å². The number of hydrogen-bond acceptors (Lipinski definition) is 0. The molecule has 1 heteroatoms. The Morgan fingerprint density at radius 2 is 1.79 bits per heavy atom. The van der Waals surface area contributed by atoms with Gasteiger partial charge in [-0.3, -0.25) is 0 Å². The Hall–Kier alpha value is -1.08. The fraction of sp³-hybridized carbons (Fsp3) is 0.333. The van der Waals surface area contributed by atoms with Crippen LogP contribution in [0.5, 0.6) is 0 Å². The Kier molecular flexibility index (Phi) is 5.21. The van der Waals surface area contributed by atoms with Gasteiger partial charge in [-0.1, -0.05) is 70.0 Å². The first-order valence-corrected chi connectivity index (χ1v) is 7.81. The molecule has 0 heterocycles. The molecule has 0 aromatic heterocycles. The Balaban J connectivity index is 1.88. The second kappa shape index (κ2) is 6.91. The number of alkyl halides is 1. The predicted molar refractivity (Wildman–Crippen MR) is 87.1 cm³/mol. The number of hydrogen-bond donors (Lipinski definition) is 0. The fourth-order valence-corrected chi connectivity index (χ4v) is 2.95. The fourth-order valence-electron chi connectivity index (χ4n) is 2.37. The quantitative estimate of drug-likeness (QED) is 0.661. The summed E-state index contributed by atoms with van der Waals surface area (Å²) in [6.07, 6.45) is 3.43. The molecule has 1 unspecified atom stereocenters. The second-order valence-electron chi connectivity index (χ2n) is 5.26. The molecule has 0 radical (unpaired) electrons. The summed E-state index contributed by atoms with van der Waals surface area (Å²) in [7, 11) is 0. The van der Waals surface area contributed by atoms with E-state index in [0.29, 0.717) is 4.83 Å². The third kappa shape index (κ3) is 4.50.